The van der Waals surface area contributed by atoms with Crippen molar-refractivity contribution in [2.24, 2.45) is 0 Å². The van der Waals surface area contributed by atoms with Gasteiger partial charge in [-0.05, 0) is 30.3 Å². The molecule has 3 N–H and O–H groups in total. The normalized spacial score (nSPS) is 10.1. The van der Waals surface area contributed by atoms with Gasteiger partial charge in [0.05, 0.1) is 12.7 Å². The quantitative estimate of drug-likeness (QED) is 0.518. The number of ether oxygens (including phenoxy) is 1. The first kappa shape index (κ1) is 18.1. The number of anilines is 3. The van der Waals surface area contributed by atoms with E-state index in [0.29, 0.717) is 36.2 Å². The van der Waals surface area contributed by atoms with E-state index < -0.39 is 0 Å². The van der Waals surface area contributed by atoms with E-state index >= 15 is 0 Å². The molecule has 3 rings (SSSR count). The van der Waals surface area contributed by atoms with Crippen LogP contribution in [0, 0.1) is 0 Å². The van der Waals surface area contributed by atoms with Gasteiger partial charge in [-0.3, -0.25) is 9.78 Å². The Labute approximate surface area is 156 Å². The first-order valence-electron chi connectivity index (χ1n) is 8.27. The number of methoxy groups -OCH3 is 1. The highest BCUT2D eigenvalue weighted by Gasteiger charge is 2.05. The Hall–Kier alpha value is -3.75. The average molecular weight is 365 g/mol. The van der Waals surface area contributed by atoms with E-state index in [1.165, 1.54) is 13.3 Å². The molecule has 138 valence electrons. The van der Waals surface area contributed by atoms with E-state index in [-0.39, 0.29) is 5.91 Å². The van der Waals surface area contributed by atoms with Crippen LogP contribution in [0.15, 0.2) is 55.0 Å². The summed E-state index contributed by atoms with van der Waals surface area (Å²) in [7, 11) is 1.53. The molecule has 0 fully saturated rings. The maximum absolute atomic E-state index is 12.0. The molecule has 3 heterocycles. The number of aromatic nitrogens is 4. The molecule has 0 aliphatic heterocycles. The van der Waals surface area contributed by atoms with Crippen molar-refractivity contribution in [3.8, 4) is 5.88 Å². The second kappa shape index (κ2) is 9.09. The third-order valence-electron chi connectivity index (χ3n) is 3.54. The molecule has 1 amide bonds. The number of carbonyl (C=O) groups excluding carboxylic acids is 1. The van der Waals surface area contributed by atoms with E-state index in [0.717, 1.165) is 5.69 Å². The Bertz CT molecular complexity index is 855. The Kier molecular flexibility index (Phi) is 6.08. The molecule has 0 spiro atoms. The molecule has 3 aromatic heterocycles. The zero-order valence-electron chi connectivity index (χ0n) is 14.7. The van der Waals surface area contributed by atoms with Crippen LogP contribution in [-0.4, -0.2) is 46.3 Å². The smallest absolute Gasteiger partial charge is 0.252 e. The van der Waals surface area contributed by atoms with Gasteiger partial charge in [0.25, 0.3) is 5.91 Å². The minimum atomic E-state index is -0.199. The highest BCUT2D eigenvalue weighted by molar-refractivity contribution is 5.93. The van der Waals surface area contributed by atoms with Crippen molar-refractivity contribution in [1.82, 2.24) is 25.5 Å². The van der Waals surface area contributed by atoms with E-state index in [4.69, 9.17) is 4.74 Å². The highest BCUT2D eigenvalue weighted by atomic mass is 16.5. The average Bonchev–Trinajstić information content (AvgIpc) is 2.73. The molecule has 9 heteroatoms. The Morgan fingerprint density at radius 2 is 1.78 bits per heavy atom. The fourth-order valence-corrected chi connectivity index (χ4v) is 2.18. The van der Waals surface area contributed by atoms with Gasteiger partial charge < -0.3 is 20.7 Å². The zero-order chi connectivity index (χ0) is 18.9. The summed E-state index contributed by atoms with van der Waals surface area (Å²) >= 11 is 0. The molecule has 0 aliphatic carbocycles. The van der Waals surface area contributed by atoms with Crippen molar-refractivity contribution in [2.75, 3.05) is 30.8 Å². The minimum Gasteiger partial charge on any atom is -0.481 e. The standard InChI is InChI=1S/C18H19N7O2/c1-27-17-5-2-13(12-22-17)18(26)21-11-10-20-15-3-4-16(25-24-15)23-14-6-8-19-9-7-14/h2-9,12H,10-11H2,1H3,(H,20,24)(H,21,26)(H,19,23,25). The van der Waals surface area contributed by atoms with Crippen LogP contribution < -0.4 is 20.7 Å². The lowest BCUT2D eigenvalue weighted by Crippen LogP contribution is -2.29. The van der Waals surface area contributed by atoms with E-state index in [1.807, 2.05) is 24.3 Å². The predicted octanol–water partition coefficient (Wildman–Crippen LogP) is 1.86. The molecular formula is C18H19N7O2. The van der Waals surface area contributed by atoms with Gasteiger partial charge in [-0.25, -0.2) is 4.98 Å². The summed E-state index contributed by atoms with van der Waals surface area (Å²) in [6.07, 6.45) is 4.87. The van der Waals surface area contributed by atoms with Crippen LogP contribution in [0.2, 0.25) is 0 Å². The van der Waals surface area contributed by atoms with Crippen LogP contribution in [0.5, 0.6) is 5.88 Å². The minimum absolute atomic E-state index is 0.199. The molecule has 27 heavy (non-hydrogen) atoms. The first-order valence-corrected chi connectivity index (χ1v) is 8.27. The summed E-state index contributed by atoms with van der Waals surface area (Å²) in [6.45, 7) is 0.949. The van der Waals surface area contributed by atoms with Crippen molar-refractivity contribution in [2.45, 2.75) is 0 Å². The maximum atomic E-state index is 12.0. The number of pyridine rings is 2. The summed E-state index contributed by atoms with van der Waals surface area (Å²) in [5.41, 5.74) is 1.36. The molecule has 0 aliphatic rings. The van der Waals surface area contributed by atoms with Gasteiger partial charge in [0.2, 0.25) is 5.88 Å². The monoisotopic (exact) mass is 365 g/mol. The van der Waals surface area contributed by atoms with Crippen LogP contribution in [-0.2, 0) is 0 Å². The number of carbonyl (C=O) groups is 1. The molecule has 0 radical (unpaired) electrons. The number of nitrogens with zero attached hydrogens (tertiary/aromatic N) is 4. The van der Waals surface area contributed by atoms with Crippen molar-refractivity contribution in [3.63, 3.8) is 0 Å². The van der Waals surface area contributed by atoms with Crippen LogP contribution in [0.25, 0.3) is 0 Å². The molecule has 0 aromatic carbocycles. The molecule has 0 unspecified atom stereocenters. The molecule has 0 atom stereocenters. The van der Waals surface area contributed by atoms with Gasteiger partial charge in [0.15, 0.2) is 5.82 Å². The van der Waals surface area contributed by atoms with Crippen molar-refractivity contribution in [3.05, 3.63) is 60.6 Å². The molecule has 0 saturated heterocycles. The van der Waals surface area contributed by atoms with Crippen LogP contribution in [0.1, 0.15) is 10.4 Å². The van der Waals surface area contributed by atoms with E-state index in [2.05, 4.69) is 36.1 Å². The van der Waals surface area contributed by atoms with Gasteiger partial charge in [0.1, 0.15) is 5.82 Å². The topological polar surface area (TPSA) is 114 Å². The van der Waals surface area contributed by atoms with Gasteiger partial charge in [-0.1, -0.05) is 0 Å². The highest BCUT2D eigenvalue weighted by Crippen LogP contribution is 2.13. The van der Waals surface area contributed by atoms with Gasteiger partial charge in [-0.2, -0.15) is 0 Å². The number of rotatable bonds is 8. The summed E-state index contributed by atoms with van der Waals surface area (Å²) in [6, 6.07) is 10.6. The van der Waals surface area contributed by atoms with E-state index in [1.54, 1.807) is 24.5 Å². The number of hydrogen-bond donors (Lipinski definition) is 3. The van der Waals surface area contributed by atoms with Gasteiger partial charge in [-0.15, -0.1) is 10.2 Å². The maximum Gasteiger partial charge on any atom is 0.252 e. The fourth-order valence-electron chi connectivity index (χ4n) is 2.18. The third-order valence-corrected chi connectivity index (χ3v) is 3.54. The SMILES string of the molecule is COc1ccc(C(=O)NCCNc2ccc(Nc3ccncc3)nn2)cn1. The first-order chi connectivity index (χ1) is 13.2. The number of nitrogens with one attached hydrogen (secondary N) is 3. The van der Waals surface area contributed by atoms with Crippen LogP contribution >= 0.6 is 0 Å². The fraction of sp³-hybridized carbons (Fsp3) is 0.167. The number of amides is 1. The summed E-state index contributed by atoms with van der Waals surface area (Å²) < 4.78 is 4.97. The Balaban J connectivity index is 1.41. The van der Waals surface area contributed by atoms with Crippen LogP contribution in [0.4, 0.5) is 17.3 Å². The van der Waals surface area contributed by atoms with Crippen molar-refractivity contribution in [1.29, 1.82) is 0 Å². The van der Waals surface area contributed by atoms with Gasteiger partial charge in [0, 0.05) is 43.4 Å². The Morgan fingerprint density at radius 1 is 1.00 bits per heavy atom. The zero-order valence-corrected chi connectivity index (χ0v) is 14.7. The second-order valence-electron chi connectivity index (χ2n) is 5.44. The lowest BCUT2D eigenvalue weighted by Gasteiger charge is -2.08. The molecule has 9 nitrogen and oxygen atoms in total. The van der Waals surface area contributed by atoms with Crippen LogP contribution in [0.3, 0.4) is 0 Å². The van der Waals surface area contributed by atoms with Gasteiger partial charge >= 0.3 is 0 Å². The molecule has 0 saturated carbocycles. The Morgan fingerprint density at radius 3 is 2.44 bits per heavy atom. The molecular weight excluding hydrogens is 346 g/mol. The third kappa shape index (κ3) is 5.36. The van der Waals surface area contributed by atoms with E-state index in [9.17, 15) is 4.79 Å². The summed E-state index contributed by atoms with van der Waals surface area (Å²) in [5, 5.41) is 17.2. The second-order valence-corrected chi connectivity index (χ2v) is 5.44. The summed E-state index contributed by atoms with van der Waals surface area (Å²) in [5.74, 6) is 1.52. The van der Waals surface area contributed by atoms with Crippen molar-refractivity contribution < 1.29 is 9.53 Å². The lowest BCUT2D eigenvalue weighted by molar-refractivity contribution is 0.0954. The lowest BCUT2D eigenvalue weighted by atomic mass is 10.2. The summed E-state index contributed by atoms with van der Waals surface area (Å²) in [4.78, 5) is 20.0. The molecule has 0 bridgehead atoms. The van der Waals surface area contributed by atoms with Crippen molar-refractivity contribution >= 4 is 23.2 Å². The molecule has 3 aromatic rings. The predicted molar refractivity (Wildman–Crippen MR) is 101 cm³/mol. The largest absolute Gasteiger partial charge is 0.481 e. The number of hydrogen-bond acceptors (Lipinski definition) is 8.